The summed E-state index contributed by atoms with van der Waals surface area (Å²) in [5, 5.41) is 18.3. The van der Waals surface area contributed by atoms with Crippen LogP contribution in [0.3, 0.4) is 0 Å². The van der Waals surface area contributed by atoms with Gasteiger partial charge in [0.25, 0.3) is 0 Å². The minimum atomic E-state index is -1.45. The molecule has 1 unspecified atom stereocenters. The summed E-state index contributed by atoms with van der Waals surface area (Å²) >= 11 is 0. The molecule has 1 aromatic rings. The molecule has 1 aromatic carbocycles. The molecule has 0 spiro atoms. The number of hydrogen-bond acceptors (Lipinski definition) is 3. The van der Waals surface area contributed by atoms with E-state index < -0.39 is 29.3 Å². The molecule has 2 rings (SSSR count). The predicted octanol–water partition coefficient (Wildman–Crippen LogP) is 1.43. The molecule has 0 aliphatic heterocycles. The second-order valence-corrected chi connectivity index (χ2v) is 5.56. The highest BCUT2D eigenvalue weighted by Gasteiger charge is 2.57. The van der Waals surface area contributed by atoms with Crippen LogP contribution in [0.15, 0.2) is 24.3 Å². The minimum Gasteiger partial charge on any atom is -0.481 e. The van der Waals surface area contributed by atoms with E-state index in [2.05, 4.69) is 0 Å². The van der Waals surface area contributed by atoms with E-state index in [1.807, 2.05) is 31.2 Å². The Labute approximate surface area is 117 Å². The number of benzene rings is 1. The first-order valence-electron chi connectivity index (χ1n) is 6.66. The van der Waals surface area contributed by atoms with Crippen LogP contribution in [0.2, 0.25) is 0 Å². The van der Waals surface area contributed by atoms with Crippen molar-refractivity contribution in [2.24, 2.45) is 17.6 Å². The molecule has 108 valence electrons. The van der Waals surface area contributed by atoms with Gasteiger partial charge in [-0.2, -0.15) is 0 Å². The van der Waals surface area contributed by atoms with Gasteiger partial charge in [0.15, 0.2) is 0 Å². The van der Waals surface area contributed by atoms with Crippen molar-refractivity contribution in [1.82, 2.24) is 0 Å². The molecule has 0 amide bonds. The van der Waals surface area contributed by atoms with Gasteiger partial charge in [0.1, 0.15) is 5.54 Å². The van der Waals surface area contributed by atoms with Crippen molar-refractivity contribution in [2.75, 3.05) is 0 Å². The van der Waals surface area contributed by atoms with Gasteiger partial charge >= 0.3 is 11.9 Å². The van der Waals surface area contributed by atoms with Gasteiger partial charge in [0.05, 0.1) is 5.92 Å². The van der Waals surface area contributed by atoms with Crippen LogP contribution in [0, 0.1) is 18.8 Å². The average Bonchev–Trinajstić information content (AvgIpc) is 3.18. The maximum atomic E-state index is 11.5. The third-order valence-electron chi connectivity index (χ3n) is 4.24. The topological polar surface area (TPSA) is 101 Å². The van der Waals surface area contributed by atoms with E-state index in [0.29, 0.717) is 12.8 Å². The van der Waals surface area contributed by atoms with Crippen LogP contribution in [0.4, 0.5) is 0 Å². The number of nitrogens with two attached hydrogens (primary N) is 1. The first-order chi connectivity index (χ1) is 9.36. The zero-order valence-corrected chi connectivity index (χ0v) is 11.4. The molecule has 0 heterocycles. The number of aliphatic carboxylic acids is 2. The standard InChI is InChI=1S/C15H19NO4/c1-9-4-2-3-5-10(9)6-7-15(16,14(19)20)12-8-11(12)13(17)18/h2-5,11-12H,6-8,16H2,1H3,(H,17,18)(H,19,20)/t11-,12?,15+/m0/s1. The SMILES string of the molecule is Cc1ccccc1CC[C@](N)(C(=O)O)C1C[C@@H]1C(=O)O. The molecule has 3 atom stereocenters. The molecule has 0 bridgehead atoms. The minimum absolute atomic E-state index is 0.252. The highest BCUT2D eigenvalue weighted by Crippen LogP contribution is 2.47. The lowest BCUT2D eigenvalue weighted by molar-refractivity contribution is -0.145. The summed E-state index contributed by atoms with van der Waals surface area (Å²) in [6.07, 6.45) is 1.14. The van der Waals surface area contributed by atoms with Crippen molar-refractivity contribution in [2.45, 2.75) is 31.7 Å². The Bertz CT molecular complexity index is 542. The van der Waals surface area contributed by atoms with Gasteiger partial charge in [-0.15, -0.1) is 0 Å². The lowest BCUT2D eigenvalue weighted by Gasteiger charge is -2.25. The van der Waals surface area contributed by atoms with Crippen molar-refractivity contribution in [3.8, 4) is 0 Å². The van der Waals surface area contributed by atoms with Crippen LogP contribution < -0.4 is 5.73 Å². The van der Waals surface area contributed by atoms with Gasteiger partial charge in [-0.3, -0.25) is 9.59 Å². The molecule has 1 saturated carbocycles. The predicted molar refractivity (Wildman–Crippen MR) is 73.3 cm³/mol. The highest BCUT2D eigenvalue weighted by molar-refractivity contribution is 5.83. The number of hydrogen-bond donors (Lipinski definition) is 3. The number of carboxylic acids is 2. The summed E-state index contributed by atoms with van der Waals surface area (Å²) in [4.78, 5) is 22.4. The Morgan fingerprint density at radius 1 is 1.35 bits per heavy atom. The molecule has 0 saturated heterocycles. The van der Waals surface area contributed by atoms with Gasteiger partial charge in [-0.05, 0) is 37.3 Å². The average molecular weight is 277 g/mol. The third-order valence-corrected chi connectivity index (χ3v) is 4.24. The molecule has 5 heteroatoms. The fraction of sp³-hybridized carbons (Fsp3) is 0.467. The van der Waals surface area contributed by atoms with Crippen LogP contribution in [0.5, 0.6) is 0 Å². The quantitative estimate of drug-likeness (QED) is 0.730. The summed E-state index contributed by atoms with van der Waals surface area (Å²) in [7, 11) is 0. The lowest BCUT2D eigenvalue weighted by Crippen LogP contribution is -2.51. The molecule has 1 fully saturated rings. The largest absolute Gasteiger partial charge is 0.481 e. The fourth-order valence-electron chi connectivity index (χ4n) is 2.72. The van der Waals surface area contributed by atoms with E-state index in [0.717, 1.165) is 11.1 Å². The summed E-state index contributed by atoms with van der Waals surface area (Å²) in [6.45, 7) is 1.96. The highest BCUT2D eigenvalue weighted by atomic mass is 16.4. The van der Waals surface area contributed by atoms with Crippen molar-refractivity contribution in [3.05, 3.63) is 35.4 Å². The molecule has 1 aliphatic rings. The Hall–Kier alpha value is -1.88. The Morgan fingerprint density at radius 2 is 2.00 bits per heavy atom. The number of aryl methyl sites for hydroxylation is 2. The van der Waals surface area contributed by atoms with Gasteiger partial charge in [0, 0.05) is 5.92 Å². The summed E-state index contributed by atoms with van der Waals surface area (Å²) < 4.78 is 0. The summed E-state index contributed by atoms with van der Waals surface area (Å²) in [5.74, 6) is -3.16. The van der Waals surface area contributed by atoms with E-state index in [-0.39, 0.29) is 6.42 Å². The van der Waals surface area contributed by atoms with E-state index in [1.54, 1.807) is 0 Å². The Kier molecular flexibility index (Phi) is 3.81. The van der Waals surface area contributed by atoms with E-state index >= 15 is 0 Å². The van der Waals surface area contributed by atoms with Crippen LogP contribution in [0.25, 0.3) is 0 Å². The number of rotatable bonds is 6. The van der Waals surface area contributed by atoms with Crippen molar-refractivity contribution < 1.29 is 19.8 Å². The third kappa shape index (κ3) is 2.67. The van der Waals surface area contributed by atoms with E-state index in [4.69, 9.17) is 10.8 Å². The maximum absolute atomic E-state index is 11.5. The number of carbonyl (C=O) groups is 2. The van der Waals surface area contributed by atoms with E-state index in [9.17, 15) is 14.7 Å². The van der Waals surface area contributed by atoms with Gasteiger partial charge < -0.3 is 15.9 Å². The molecule has 20 heavy (non-hydrogen) atoms. The molecule has 1 aliphatic carbocycles. The molecular weight excluding hydrogens is 258 g/mol. The molecule has 0 aromatic heterocycles. The monoisotopic (exact) mass is 277 g/mol. The number of carboxylic acid groups (broad SMARTS) is 2. The second-order valence-electron chi connectivity index (χ2n) is 5.56. The molecule has 0 radical (unpaired) electrons. The fourth-order valence-corrected chi connectivity index (χ4v) is 2.72. The first kappa shape index (κ1) is 14.5. The zero-order chi connectivity index (χ0) is 14.9. The smallest absolute Gasteiger partial charge is 0.324 e. The van der Waals surface area contributed by atoms with E-state index in [1.165, 1.54) is 0 Å². The van der Waals surface area contributed by atoms with Crippen molar-refractivity contribution in [3.63, 3.8) is 0 Å². The van der Waals surface area contributed by atoms with Crippen LogP contribution in [-0.2, 0) is 16.0 Å². The normalized spacial score (nSPS) is 23.9. The molecule has 5 nitrogen and oxygen atoms in total. The van der Waals surface area contributed by atoms with Crippen LogP contribution >= 0.6 is 0 Å². The summed E-state index contributed by atoms with van der Waals surface area (Å²) in [6, 6.07) is 7.73. The van der Waals surface area contributed by atoms with Crippen molar-refractivity contribution in [1.29, 1.82) is 0 Å². The molecular formula is C15H19NO4. The van der Waals surface area contributed by atoms with Crippen molar-refractivity contribution >= 4 is 11.9 Å². The van der Waals surface area contributed by atoms with Gasteiger partial charge in [-0.1, -0.05) is 24.3 Å². The maximum Gasteiger partial charge on any atom is 0.324 e. The zero-order valence-electron chi connectivity index (χ0n) is 11.4. The summed E-state index contributed by atoms with van der Waals surface area (Å²) in [5.41, 5.74) is 6.70. The van der Waals surface area contributed by atoms with Crippen LogP contribution in [0.1, 0.15) is 24.0 Å². The first-order valence-corrected chi connectivity index (χ1v) is 6.66. The Balaban J connectivity index is 2.09. The Morgan fingerprint density at radius 3 is 2.50 bits per heavy atom. The van der Waals surface area contributed by atoms with Gasteiger partial charge in [-0.25, -0.2) is 0 Å². The second kappa shape index (κ2) is 5.25. The lowest BCUT2D eigenvalue weighted by atomic mass is 9.85. The molecule has 4 N–H and O–H groups in total. The van der Waals surface area contributed by atoms with Crippen LogP contribution in [-0.4, -0.2) is 27.7 Å². The van der Waals surface area contributed by atoms with Gasteiger partial charge in [0.2, 0.25) is 0 Å².